The highest BCUT2D eigenvalue weighted by Gasteiger charge is 2.34. The predicted molar refractivity (Wildman–Crippen MR) is 211 cm³/mol. The maximum Gasteiger partial charge on any atom is 0.243 e. The first kappa shape index (κ1) is 43.7. The van der Waals surface area contributed by atoms with Gasteiger partial charge in [-0.3, -0.25) is 19.2 Å². The van der Waals surface area contributed by atoms with Gasteiger partial charge in [0.05, 0.1) is 30.1 Å². The minimum absolute atomic E-state index is 0.0146. The second-order valence-corrected chi connectivity index (χ2v) is 17.8. The van der Waals surface area contributed by atoms with E-state index >= 15 is 0 Å². The summed E-state index contributed by atoms with van der Waals surface area (Å²) in [5, 5.41) is 23.0. The van der Waals surface area contributed by atoms with Crippen LogP contribution in [0.5, 0.6) is 5.75 Å². The number of hydrogen-bond donors (Lipinski definition) is 6. The fourth-order valence-electron chi connectivity index (χ4n) is 7.32. The van der Waals surface area contributed by atoms with Crippen molar-refractivity contribution in [2.75, 3.05) is 20.2 Å². The average Bonchev–Trinajstić information content (AvgIpc) is 3.55. The number of nitrogens with one attached hydrogen (secondary N) is 5. The summed E-state index contributed by atoms with van der Waals surface area (Å²) in [6.07, 6.45) is 4.95. The number of aliphatic hydroxyl groups is 1. The van der Waals surface area contributed by atoms with Crippen LogP contribution in [0.3, 0.4) is 0 Å². The van der Waals surface area contributed by atoms with E-state index in [1.807, 2.05) is 58.0 Å². The van der Waals surface area contributed by atoms with Gasteiger partial charge in [0.1, 0.15) is 17.8 Å². The van der Waals surface area contributed by atoms with Gasteiger partial charge in [-0.1, -0.05) is 90.1 Å². The Hall–Kier alpha value is -4.01. The van der Waals surface area contributed by atoms with E-state index in [4.69, 9.17) is 4.74 Å². The number of sulfonamides is 1. The summed E-state index contributed by atoms with van der Waals surface area (Å²) in [6.45, 7) is 8.52. The van der Waals surface area contributed by atoms with E-state index in [0.29, 0.717) is 36.6 Å². The molecule has 2 aromatic rings. The van der Waals surface area contributed by atoms with Crippen LogP contribution < -0.4 is 30.7 Å². The molecule has 1 saturated carbocycles. The normalized spacial score (nSPS) is 18.1. The van der Waals surface area contributed by atoms with E-state index in [1.54, 1.807) is 6.07 Å². The van der Waals surface area contributed by atoms with Gasteiger partial charge < -0.3 is 31.1 Å². The van der Waals surface area contributed by atoms with E-state index < -0.39 is 57.9 Å². The minimum Gasteiger partial charge on any atom is -0.493 e. The van der Waals surface area contributed by atoms with Crippen LogP contribution in [0.1, 0.15) is 103 Å². The first-order valence-corrected chi connectivity index (χ1v) is 21.2. The molecule has 4 rings (SSSR count). The van der Waals surface area contributed by atoms with E-state index in [0.717, 1.165) is 37.7 Å². The van der Waals surface area contributed by atoms with E-state index in [1.165, 1.54) is 19.2 Å². The zero-order chi connectivity index (χ0) is 40.1. The van der Waals surface area contributed by atoms with Crippen LogP contribution in [0, 0.1) is 17.8 Å². The Labute approximate surface area is 326 Å². The monoisotopic (exact) mass is 783 g/mol. The Morgan fingerprint density at radius 3 is 2.20 bits per heavy atom. The third-order valence-electron chi connectivity index (χ3n) is 10.4. The van der Waals surface area contributed by atoms with Crippen LogP contribution >= 0.6 is 0 Å². The molecule has 2 aliphatic rings. The van der Waals surface area contributed by atoms with Crippen molar-refractivity contribution in [3.8, 4) is 5.75 Å². The Morgan fingerprint density at radius 1 is 0.855 bits per heavy atom. The molecule has 0 saturated heterocycles. The quantitative estimate of drug-likeness (QED) is 0.117. The molecule has 4 amide bonds. The number of carbonyl (C=O) groups is 4. The third kappa shape index (κ3) is 13.6. The molecular formula is C41H61N5O8S. The Bertz CT molecular complexity index is 1700. The lowest BCUT2D eigenvalue weighted by Crippen LogP contribution is -2.57. The van der Waals surface area contributed by atoms with Crippen molar-refractivity contribution in [3.63, 3.8) is 0 Å². The number of carbonyl (C=O) groups excluding carboxylic acids is 4. The van der Waals surface area contributed by atoms with Crippen LogP contribution in [0.2, 0.25) is 0 Å². The molecule has 6 N–H and O–H groups in total. The van der Waals surface area contributed by atoms with Crippen LogP contribution in [-0.2, 0) is 35.6 Å². The van der Waals surface area contributed by atoms with Crippen molar-refractivity contribution in [1.82, 2.24) is 26.0 Å². The second kappa shape index (κ2) is 20.8. The highest BCUT2D eigenvalue weighted by atomic mass is 32.2. The lowest BCUT2D eigenvalue weighted by molar-refractivity contribution is -0.133. The predicted octanol–water partition coefficient (Wildman–Crippen LogP) is 3.70. The molecule has 0 bridgehead atoms. The molecule has 1 unspecified atom stereocenters. The number of aliphatic hydroxyl groups excluding tert-OH is 1. The summed E-state index contributed by atoms with van der Waals surface area (Å²) >= 11 is 0. The summed E-state index contributed by atoms with van der Waals surface area (Å²) in [6, 6.07) is 11.1. The fourth-order valence-corrected chi connectivity index (χ4v) is 8.09. The van der Waals surface area contributed by atoms with Gasteiger partial charge in [0.25, 0.3) is 0 Å². The maximum atomic E-state index is 14.1. The summed E-state index contributed by atoms with van der Waals surface area (Å²) in [5.41, 5.74) is 1.39. The van der Waals surface area contributed by atoms with Crippen molar-refractivity contribution in [1.29, 1.82) is 0 Å². The second-order valence-electron chi connectivity index (χ2n) is 15.9. The molecule has 0 aromatic heterocycles. The van der Waals surface area contributed by atoms with Crippen molar-refractivity contribution in [3.05, 3.63) is 59.7 Å². The summed E-state index contributed by atoms with van der Waals surface area (Å²) in [5.74, 6) is -1.10. The van der Waals surface area contributed by atoms with Crippen LogP contribution in [0.4, 0.5) is 0 Å². The summed E-state index contributed by atoms with van der Waals surface area (Å²) in [7, 11) is -2.39. The highest BCUT2D eigenvalue weighted by Crippen LogP contribution is 2.37. The zero-order valence-corrected chi connectivity index (χ0v) is 33.8. The first-order chi connectivity index (χ1) is 26.1. The van der Waals surface area contributed by atoms with Gasteiger partial charge >= 0.3 is 0 Å². The molecule has 55 heavy (non-hydrogen) atoms. The zero-order valence-electron chi connectivity index (χ0n) is 32.9. The van der Waals surface area contributed by atoms with E-state index in [9.17, 15) is 32.7 Å². The van der Waals surface area contributed by atoms with Crippen molar-refractivity contribution in [2.45, 2.75) is 127 Å². The van der Waals surface area contributed by atoms with E-state index in [-0.39, 0.29) is 48.5 Å². The van der Waals surface area contributed by atoms with Gasteiger partial charge in [-0.05, 0) is 61.4 Å². The summed E-state index contributed by atoms with van der Waals surface area (Å²) in [4.78, 5) is 54.5. The van der Waals surface area contributed by atoms with E-state index in [2.05, 4.69) is 26.0 Å². The largest absolute Gasteiger partial charge is 0.493 e. The smallest absolute Gasteiger partial charge is 0.243 e. The molecule has 13 nitrogen and oxygen atoms in total. The molecule has 1 aliphatic heterocycles. The molecule has 1 aliphatic carbocycles. The third-order valence-corrected chi connectivity index (χ3v) is 11.8. The SMILES string of the molecule is CNS(=O)(=O)c1ccc2c(c1)C(CC(=O)N[C@@H](Cc1ccccc1)C(=O)N[C@@H](CC(C)C)C(=O)N[C@@H](CC1CCCCC1)[C@@H](O)CC(=O)NCC(C)C)CO2. The highest BCUT2D eigenvalue weighted by molar-refractivity contribution is 7.89. The van der Waals surface area contributed by atoms with Crippen LogP contribution in [0.25, 0.3) is 0 Å². The number of hydrogen-bond acceptors (Lipinski definition) is 8. The number of amides is 4. The van der Waals surface area contributed by atoms with Crippen LogP contribution in [-0.4, -0.2) is 81.6 Å². The Morgan fingerprint density at radius 2 is 1.55 bits per heavy atom. The van der Waals surface area contributed by atoms with Crippen molar-refractivity contribution >= 4 is 33.7 Å². The molecule has 0 spiro atoms. The number of rotatable bonds is 20. The van der Waals surface area contributed by atoms with Crippen LogP contribution in [0.15, 0.2) is 53.4 Å². The molecule has 1 heterocycles. The van der Waals surface area contributed by atoms with Gasteiger partial charge in [-0.15, -0.1) is 0 Å². The number of fused-ring (bicyclic) bond motifs is 1. The average molecular weight is 784 g/mol. The Kier molecular flexibility index (Phi) is 16.5. The van der Waals surface area contributed by atoms with Gasteiger partial charge in [0.2, 0.25) is 33.7 Å². The van der Waals surface area contributed by atoms with Gasteiger partial charge in [0, 0.05) is 30.9 Å². The minimum atomic E-state index is -3.72. The molecule has 304 valence electrons. The molecule has 2 aromatic carbocycles. The Balaban J connectivity index is 1.50. The summed E-state index contributed by atoms with van der Waals surface area (Å²) < 4.78 is 33.0. The number of benzene rings is 2. The topological polar surface area (TPSA) is 192 Å². The van der Waals surface area contributed by atoms with Gasteiger partial charge in [-0.2, -0.15) is 0 Å². The molecule has 0 radical (unpaired) electrons. The standard InChI is InChI=1S/C41H61N5O8S/c1-26(2)18-34(40(50)45-33(19-28-12-8-6-9-13-28)36(47)23-38(48)43-24-27(3)4)46-41(51)35(20-29-14-10-7-11-15-29)44-39(49)21-30-25-54-37-17-16-31(22-32(30)37)55(52,53)42-5/h7,10-11,14-17,22,26-28,30,33-36,42,47H,6,8-9,12-13,18-21,23-25H2,1-5H3,(H,43,48)(H,44,49)(H,45,50)(H,46,51)/t30?,33-,34-,35-,36-/m0/s1. The first-order valence-electron chi connectivity index (χ1n) is 19.7. The fraction of sp³-hybridized carbons (Fsp3) is 0.610. The molecule has 1 fully saturated rings. The van der Waals surface area contributed by atoms with Gasteiger partial charge in [0.15, 0.2) is 0 Å². The van der Waals surface area contributed by atoms with Gasteiger partial charge in [-0.25, -0.2) is 13.1 Å². The van der Waals surface area contributed by atoms with Crippen molar-refractivity contribution < 1.29 is 37.4 Å². The molecular weight excluding hydrogens is 723 g/mol. The number of ether oxygens (including phenoxy) is 1. The maximum absolute atomic E-state index is 14.1. The molecule has 5 atom stereocenters. The lowest BCUT2D eigenvalue weighted by atomic mass is 9.83. The van der Waals surface area contributed by atoms with Crippen molar-refractivity contribution in [2.24, 2.45) is 17.8 Å². The lowest BCUT2D eigenvalue weighted by Gasteiger charge is -2.32. The molecule has 14 heteroatoms.